The third-order valence-electron chi connectivity index (χ3n) is 2.16. The minimum Gasteiger partial charge on any atom is -0.480 e. The van der Waals surface area contributed by atoms with Gasteiger partial charge in [-0.3, -0.25) is 4.79 Å². The molecule has 0 fully saturated rings. The molecule has 0 radical (unpaired) electrons. The maximum absolute atomic E-state index is 12.8. The Kier molecular flexibility index (Phi) is 4.73. The lowest BCUT2D eigenvalue weighted by Crippen LogP contribution is -2.43. The predicted molar refractivity (Wildman–Crippen MR) is 56.7 cm³/mol. The minimum absolute atomic E-state index is 0.202. The van der Waals surface area contributed by atoms with Crippen LogP contribution in [0, 0.1) is 11.6 Å². The number of rotatable bonds is 5. The molecular formula is C11H11F2NO4. The number of hydrogen-bond donors (Lipinski definition) is 3. The summed E-state index contributed by atoms with van der Waals surface area (Å²) in [5.41, 5.74) is 0.202. The molecule has 3 N–H and O–H groups in total. The van der Waals surface area contributed by atoms with E-state index < -0.39 is 36.2 Å². The van der Waals surface area contributed by atoms with Crippen molar-refractivity contribution in [3.8, 4) is 0 Å². The second kappa shape index (κ2) is 6.06. The van der Waals surface area contributed by atoms with Gasteiger partial charge < -0.3 is 15.5 Å². The average Bonchev–Trinajstić information content (AvgIpc) is 2.30. The number of nitrogens with one attached hydrogen (secondary N) is 1. The summed E-state index contributed by atoms with van der Waals surface area (Å²) in [6.07, 6.45) is -0.305. The molecule has 0 aliphatic heterocycles. The van der Waals surface area contributed by atoms with Gasteiger partial charge in [-0.05, 0) is 17.7 Å². The molecule has 0 aliphatic rings. The van der Waals surface area contributed by atoms with Crippen molar-refractivity contribution < 1.29 is 28.6 Å². The highest BCUT2D eigenvalue weighted by molar-refractivity contribution is 5.84. The summed E-state index contributed by atoms with van der Waals surface area (Å²) >= 11 is 0. The van der Waals surface area contributed by atoms with E-state index in [1.165, 1.54) is 6.07 Å². The highest BCUT2D eigenvalue weighted by atomic mass is 19.2. The molecule has 0 saturated heterocycles. The van der Waals surface area contributed by atoms with E-state index in [1.54, 1.807) is 0 Å². The first kappa shape index (κ1) is 14.0. The van der Waals surface area contributed by atoms with E-state index in [0.717, 1.165) is 12.1 Å². The first-order chi connectivity index (χ1) is 8.43. The van der Waals surface area contributed by atoms with Crippen LogP contribution in [0.1, 0.15) is 5.56 Å². The molecule has 7 heteroatoms. The molecule has 1 rings (SSSR count). The zero-order valence-corrected chi connectivity index (χ0v) is 9.19. The van der Waals surface area contributed by atoms with Crippen molar-refractivity contribution in [2.75, 3.05) is 6.61 Å². The van der Waals surface area contributed by atoms with E-state index in [9.17, 15) is 18.4 Å². The summed E-state index contributed by atoms with van der Waals surface area (Å²) in [6, 6.07) is 1.53. The third kappa shape index (κ3) is 3.77. The Morgan fingerprint density at radius 3 is 2.44 bits per heavy atom. The summed E-state index contributed by atoms with van der Waals surface area (Å²) < 4.78 is 25.5. The van der Waals surface area contributed by atoms with Crippen molar-refractivity contribution in [3.63, 3.8) is 0 Å². The van der Waals surface area contributed by atoms with Crippen LogP contribution in [-0.2, 0) is 16.0 Å². The molecule has 0 heterocycles. The second-order valence-corrected chi connectivity index (χ2v) is 3.57. The van der Waals surface area contributed by atoms with Crippen molar-refractivity contribution >= 4 is 11.9 Å². The predicted octanol–water partition coefficient (Wildman–Crippen LogP) is 0.0690. The summed E-state index contributed by atoms with van der Waals surface area (Å²) in [4.78, 5) is 21.9. The number of carbonyl (C=O) groups excluding carboxylic acids is 1. The SMILES string of the molecule is O=C(Cc1ccc(F)c(F)c1)NC(CO)C(=O)O. The Morgan fingerprint density at radius 1 is 1.28 bits per heavy atom. The molecule has 1 atom stereocenters. The molecule has 0 spiro atoms. The van der Waals surface area contributed by atoms with Gasteiger partial charge in [-0.25, -0.2) is 13.6 Å². The average molecular weight is 259 g/mol. The van der Waals surface area contributed by atoms with Crippen LogP contribution in [0.25, 0.3) is 0 Å². The molecule has 5 nitrogen and oxygen atoms in total. The maximum atomic E-state index is 12.8. The smallest absolute Gasteiger partial charge is 0.328 e. The molecule has 98 valence electrons. The van der Waals surface area contributed by atoms with E-state index in [1.807, 2.05) is 5.32 Å². The lowest BCUT2D eigenvalue weighted by atomic mass is 10.1. The highest BCUT2D eigenvalue weighted by Crippen LogP contribution is 2.09. The molecule has 1 unspecified atom stereocenters. The fourth-order valence-corrected chi connectivity index (χ4v) is 1.27. The lowest BCUT2D eigenvalue weighted by molar-refractivity contribution is -0.142. The number of carboxylic acid groups (broad SMARTS) is 1. The highest BCUT2D eigenvalue weighted by Gasteiger charge is 2.18. The third-order valence-corrected chi connectivity index (χ3v) is 2.16. The van der Waals surface area contributed by atoms with Crippen molar-refractivity contribution in [2.24, 2.45) is 0 Å². The number of carboxylic acids is 1. The first-order valence-corrected chi connectivity index (χ1v) is 5.01. The van der Waals surface area contributed by atoms with Crippen LogP contribution in [0.4, 0.5) is 8.78 Å². The molecule has 0 bridgehead atoms. The van der Waals surface area contributed by atoms with E-state index in [2.05, 4.69) is 0 Å². The molecule has 0 aromatic heterocycles. The standard InChI is InChI=1S/C11H11F2NO4/c12-7-2-1-6(3-8(7)13)4-10(16)14-9(5-15)11(17)18/h1-3,9,15H,4-5H2,(H,14,16)(H,17,18). The summed E-state index contributed by atoms with van der Waals surface area (Å²) in [6.45, 7) is -0.751. The van der Waals surface area contributed by atoms with Crippen LogP contribution >= 0.6 is 0 Å². The summed E-state index contributed by atoms with van der Waals surface area (Å²) in [7, 11) is 0. The largest absolute Gasteiger partial charge is 0.480 e. The normalized spacial score (nSPS) is 11.9. The van der Waals surface area contributed by atoms with Crippen molar-refractivity contribution in [3.05, 3.63) is 35.4 Å². The number of hydrogen-bond acceptors (Lipinski definition) is 3. The van der Waals surface area contributed by atoms with Crippen molar-refractivity contribution in [2.45, 2.75) is 12.5 Å². The summed E-state index contributed by atoms with van der Waals surface area (Å²) in [5, 5.41) is 19.3. The van der Waals surface area contributed by atoms with Gasteiger partial charge in [-0.1, -0.05) is 6.07 Å². The Bertz CT molecular complexity index is 464. The van der Waals surface area contributed by atoms with Crippen molar-refractivity contribution in [1.82, 2.24) is 5.32 Å². The van der Waals surface area contributed by atoms with Crippen LogP contribution in [0.3, 0.4) is 0 Å². The number of benzene rings is 1. The zero-order chi connectivity index (χ0) is 13.7. The van der Waals surface area contributed by atoms with Gasteiger partial charge in [-0.15, -0.1) is 0 Å². The van der Waals surface area contributed by atoms with Gasteiger partial charge in [0.25, 0.3) is 0 Å². The Morgan fingerprint density at radius 2 is 1.94 bits per heavy atom. The number of halogens is 2. The number of aliphatic carboxylic acids is 1. The fraction of sp³-hybridized carbons (Fsp3) is 0.273. The number of carbonyl (C=O) groups is 2. The van der Waals surface area contributed by atoms with Gasteiger partial charge in [0.05, 0.1) is 13.0 Å². The van der Waals surface area contributed by atoms with E-state index in [4.69, 9.17) is 10.2 Å². The van der Waals surface area contributed by atoms with Gasteiger partial charge in [0.1, 0.15) is 6.04 Å². The Balaban J connectivity index is 2.64. The number of aliphatic hydroxyl groups excluding tert-OH is 1. The minimum atomic E-state index is -1.41. The molecular weight excluding hydrogens is 248 g/mol. The molecule has 18 heavy (non-hydrogen) atoms. The quantitative estimate of drug-likeness (QED) is 0.698. The number of aliphatic hydroxyl groups is 1. The first-order valence-electron chi connectivity index (χ1n) is 5.01. The fourth-order valence-electron chi connectivity index (χ4n) is 1.27. The lowest BCUT2D eigenvalue weighted by Gasteiger charge is -2.11. The molecule has 1 aromatic carbocycles. The second-order valence-electron chi connectivity index (χ2n) is 3.57. The van der Waals surface area contributed by atoms with Gasteiger partial charge in [-0.2, -0.15) is 0 Å². The Hall–Kier alpha value is -2.02. The molecule has 1 aromatic rings. The maximum Gasteiger partial charge on any atom is 0.328 e. The molecule has 1 amide bonds. The van der Waals surface area contributed by atoms with Crippen LogP contribution in [0.5, 0.6) is 0 Å². The number of amides is 1. The van der Waals surface area contributed by atoms with Crippen molar-refractivity contribution in [1.29, 1.82) is 0 Å². The monoisotopic (exact) mass is 259 g/mol. The van der Waals surface area contributed by atoms with E-state index >= 15 is 0 Å². The van der Waals surface area contributed by atoms with E-state index in [0.29, 0.717) is 0 Å². The molecule has 0 saturated carbocycles. The Labute approximate surface area is 101 Å². The van der Waals surface area contributed by atoms with Crippen LogP contribution in [0.2, 0.25) is 0 Å². The topological polar surface area (TPSA) is 86.6 Å². The van der Waals surface area contributed by atoms with Crippen LogP contribution in [0.15, 0.2) is 18.2 Å². The van der Waals surface area contributed by atoms with Gasteiger partial charge in [0, 0.05) is 0 Å². The van der Waals surface area contributed by atoms with Crippen LogP contribution < -0.4 is 5.32 Å². The summed E-state index contributed by atoms with van der Waals surface area (Å²) in [5.74, 6) is -4.20. The molecule has 0 aliphatic carbocycles. The zero-order valence-electron chi connectivity index (χ0n) is 9.19. The van der Waals surface area contributed by atoms with Gasteiger partial charge in [0.2, 0.25) is 5.91 Å². The van der Waals surface area contributed by atoms with Gasteiger partial charge >= 0.3 is 5.97 Å². The van der Waals surface area contributed by atoms with Crippen LogP contribution in [-0.4, -0.2) is 34.7 Å². The van der Waals surface area contributed by atoms with E-state index in [-0.39, 0.29) is 12.0 Å². The van der Waals surface area contributed by atoms with Gasteiger partial charge in [0.15, 0.2) is 11.6 Å².